The second-order valence-corrected chi connectivity index (χ2v) is 6.15. The summed E-state index contributed by atoms with van der Waals surface area (Å²) in [6.45, 7) is 2.19. The van der Waals surface area contributed by atoms with Gasteiger partial charge in [0.1, 0.15) is 0 Å². The van der Waals surface area contributed by atoms with E-state index in [-0.39, 0.29) is 0 Å². The minimum atomic E-state index is 0.993. The van der Waals surface area contributed by atoms with Crippen LogP contribution in [-0.4, -0.2) is 14.6 Å². The highest BCUT2D eigenvalue weighted by molar-refractivity contribution is 7.13. The predicted molar refractivity (Wildman–Crippen MR) is 93.9 cm³/mol. The maximum absolute atomic E-state index is 4.25. The molecule has 2 aromatic carbocycles. The van der Waals surface area contributed by atoms with Crippen molar-refractivity contribution >= 4 is 44.2 Å². The van der Waals surface area contributed by atoms with Crippen molar-refractivity contribution in [1.29, 1.82) is 0 Å². The molecule has 4 aromatic rings. The molecule has 3 nitrogen and oxygen atoms in total. The van der Waals surface area contributed by atoms with Crippen molar-refractivity contribution in [2.75, 3.05) is 0 Å². The quantitative estimate of drug-likeness (QED) is 0.533. The number of rotatable bonds is 3. The summed E-state index contributed by atoms with van der Waals surface area (Å²) in [4.78, 5) is 0. The molecule has 0 aliphatic carbocycles. The van der Waals surface area contributed by atoms with Crippen LogP contribution in [0.15, 0.2) is 48.8 Å². The van der Waals surface area contributed by atoms with Crippen LogP contribution in [0.3, 0.4) is 0 Å². The highest BCUT2D eigenvalue weighted by atomic mass is 32.1. The molecule has 0 bridgehead atoms. The third-order valence-electron chi connectivity index (χ3n) is 3.91. The summed E-state index contributed by atoms with van der Waals surface area (Å²) in [7, 11) is 0. The molecule has 0 atom stereocenters. The molecule has 0 fully saturated rings. The standard InChI is InChI=1S/C18H15N3S/c1-2-13(14-4-6-18-16(9-14)11-20-22-18)7-12-3-5-17-15(8-12)10-19-21-17/h3-11H,2H2,1H3,(H,19,21)/b13-7+. The summed E-state index contributed by atoms with van der Waals surface area (Å²) in [6, 6.07) is 12.9. The zero-order chi connectivity index (χ0) is 14.9. The number of benzene rings is 2. The third-order valence-corrected chi connectivity index (χ3v) is 4.69. The van der Waals surface area contributed by atoms with Crippen LogP contribution >= 0.6 is 11.5 Å². The molecular formula is C18H15N3S. The van der Waals surface area contributed by atoms with Crippen molar-refractivity contribution < 1.29 is 0 Å². The first-order chi connectivity index (χ1) is 10.8. The van der Waals surface area contributed by atoms with Crippen molar-refractivity contribution in [2.24, 2.45) is 0 Å². The molecule has 0 saturated heterocycles. The SMILES string of the molecule is CC/C(=C\c1ccc2[nH]ncc2c1)c1ccc2sncc2c1. The second kappa shape index (κ2) is 5.39. The van der Waals surface area contributed by atoms with Gasteiger partial charge in [-0.2, -0.15) is 9.47 Å². The van der Waals surface area contributed by atoms with E-state index in [2.05, 4.69) is 64.0 Å². The summed E-state index contributed by atoms with van der Waals surface area (Å²) in [5.41, 5.74) is 4.87. The fourth-order valence-electron chi connectivity index (χ4n) is 2.71. The molecule has 108 valence electrons. The summed E-state index contributed by atoms with van der Waals surface area (Å²) in [6.07, 6.45) is 7.05. The Labute approximate surface area is 132 Å². The molecule has 2 heterocycles. The maximum atomic E-state index is 4.25. The molecule has 0 radical (unpaired) electrons. The Kier molecular flexibility index (Phi) is 3.24. The number of H-pyrrole nitrogens is 1. The Morgan fingerprint density at radius 1 is 1.14 bits per heavy atom. The largest absolute Gasteiger partial charge is 0.278 e. The van der Waals surface area contributed by atoms with E-state index in [1.807, 2.05) is 12.4 Å². The Morgan fingerprint density at radius 2 is 2.09 bits per heavy atom. The van der Waals surface area contributed by atoms with Crippen LogP contribution in [-0.2, 0) is 0 Å². The molecule has 0 unspecified atom stereocenters. The van der Waals surface area contributed by atoms with Crippen LogP contribution in [0, 0.1) is 0 Å². The van der Waals surface area contributed by atoms with E-state index in [0.717, 1.165) is 17.3 Å². The van der Waals surface area contributed by atoms with Crippen molar-refractivity contribution in [3.8, 4) is 0 Å². The van der Waals surface area contributed by atoms with E-state index in [1.54, 1.807) is 11.5 Å². The van der Waals surface area contributed by atoms with E-state index in [1.165, 1.54) is 26.8 Å². The Bertz CT molecular complexity index is 978. The molecule has 1 N–H and O–H groups in total. The van der Waals surface area contributed by atoms with Crippen molar-refractivity contribution in [2.45, 2.75) is 13.3 Å². The smallest absolute Gasteiger partial charge is 0.0650 e. The second-order valence-electron chi connectivity index (χ2n) is 5.32. The van der Waals surface area contributed by atoms with Gasteiger partial charge in [0.2, 0.25) is 0 Å². The van der Waals surface area contributed by atoms with Gasteiger partial charge in [-0.1, -0.05) is 25.1 Å². The highest BCUT2D eigenvalue weighted by Crippen LogP contribution is 2.27. The van der Waals surface area contributed by atoms with Crippen LogP contribution in [0.2, 0.25) is 0 Å². The maximum Gasteiger partial charge on any atom is 0.0650 e. The molecule has 0 aliphatic rings. The molecule has 4 rings (SSSR count). The van der Waals surface area contributed by atoms with Crippen LogP contribution in [0.1, 0.15) is 24.5 Å². The summed E-state index contributed by atoms with van der Waals surface area (Å²) < 4.78 is 5.49. The number of nitrogens with zero attached hydrogens (tertiary/aromatic N) is 2. The van der Waals surface area contributed by atoms with Gasteiger partial charge in [0.05, 0.1) is 16.4 Å². The average molecular weight is 305 g/mol. The molecule has 0 saturated carbocycles. The number of nitrogens with one attached hydrogen (secondary N) is 1. The molecule has 22 heavy (non-hydrogen) atoms. The lowest BCUT2D eigenvalue weighted by molar-refractivity contribution is 1.12. The van der Waals surface area contributed by atoms with E-state index in [0.29, 0.717) is 0 Å². The number of hydrogen-bond acceptors (Lipinski definition) is 3. The van der Waals surface area contributed by atoms with Gasteiger partial charge in [-0.05, 0) is 58.9 Å². The van der Waals surface area contributed by atoms with E-state index in [9.17, 15) is 0 Å². The van der Waals surface area contributed by atoms with E-state index >= 15 is 0 Å². The first-order valence-electron chi connectivity index (χ1n) is 7.32. The minimum absolute atomic E-state index is 0.993. The van der Waals surface area contributed by atoms with Gasteiger partial charge in [-0.25, -0.2) is 0 Å². The first kappa shape index (κ1) is 13.2. The van der Waals surface area contributed by atoms with Crippen molar-refractivity contribution in [3.63, 3.8) is 0 Å². The van der Waals surface area contributed by atoms with Gasteiger partial charge < -0.3 is 0 Å². The predicted octanol–water partition coefficient (Wildman–Crippen LogP) is 5.12. The molecule has 0 amide bonds. The van der Waals surface area contributed by atoms with Crippen LogP contribution in [0.25, 0.3) is 32.6 Å². The molecule has 2 aromatic heterocycles. The lowest BCUT2D eigenvalue weighted by Crippen LogP contribution is -1.83. The highest BCUT2D eigenvalue weighted by Gasteiger charge is 2.04. The fourth-order valence-corrected chi connectivity index (χ4v) is 3.34. The lowest BCUT2D eigenvalue weighted by atomic mass is 9.99. The normalized spacial score (nSPS) is 12.3. The number of fused-ring (bicyclic) bond motifs is 2. The Balaban J connectivity index is 1.78. The number of aromatic nitrogens is 3. The summed E-state index contributed by atoms with van der Waals surface area (Å²) in [5.74, 6) is 0. The summed E-state index contributed by atoms with van der Waals surface area (Å²) >= 11 is 1.54. The van der Waals surface area contributed by atoms with Crippen LogP contribution < -0.4 is 0 Å². The van der Waals surface area contributed by atoms with Gasteiger partial charge in [0.25, 0.3) is 0 Å². The lowest BCUT2D eigenvalue weighted by Gasteiger charge is -2.06. The molecular weight excluding hydrogens is 290 g/mol. The fraction of sp³-hybridized carbons (Fsp3) is 0.111. The monoisotopic (exact) mass is 305 g/mol. The Hall–Kier alpha value is -2.46. The minimum Gasteiger partial charge on any atom is -0.278 e. The molecule has 0 spiro atoms. The Morgan fingerprint density at radius 3 is 3.00 bits per heavy atom. The van der Waals surface area contributed by atoms with Gasteiger partial charge in [-0.3, -0.25) is 5.10 Å². The molecule has 0 aliphatic heterocycles. The zero-order valence-electron chi connectivity index (χ0n) is 12.2. The van der Waals surface area contributed by atoms with Gasteiger partial charge in [0, 0.05) is 17.0 Å². The number of aromatic amines is 1. The first-order valence-corrected chi connectivity index (χ1v) is 8.09. The van der Waals surface area contributed by atoms with E-state index < -0.39 is 0 Å². The van der Waals surface area contributed by atoms with Crippen molar-refractivity contribution in [1.82, 2.24) is 14.6 Å². The van der Waals surface area contributed by atoms with Gasteiger partial charge >= 0.3 is 0 Å². The zero-order valence-corrected chi connectivity index (χ0v) is 13.0. The molecule has 4 heteroatoms. The van der Waals surface area contributed by atoms with Crippen LogP contribution in [0.4, 0.5) is 0 Å². The average Bonchev–Trinajstić information content (AvgIpc) is 3.19. The number of allylic oxidation sites excluding steroid dienone is 1. The van der Waals surface area contributed by atoms with E-state index in [4.69, 9.17) is 0 Å². The number of hydrogen-bond donors (Lipinski definition) is 1. The summed E-state index contributed by atoms with van der Waals surface area (Å²) in [5, 5.41) is 9.42. The third kappa shape index (κ3) is 2.31. The van der Waals surface area contributed by atoms with Gasteiger partial charge in [0.15, 0.2) is 0 Å². The topological polar surface area (TPSA) is 41.6 Å². The van der Waals surface area contributed by atoms with Crippen LogP contribution in [0.5, 0.6) is 0 Å². The van der Waals surface area contributed by atoms with Crippen molar-refractivity contribution in [3.05, 3.63) is 59.9 Å². The van der Waals surface area contributed by atoms with Gasteiger partial charge in [-0.15, -0.1) is 0 Å².